The van der Waals surface area contributed by atoms with Crippen molar-refractivity contribution in [3.63, 3.8) is 0 Å². The minimum Gasteiger partial charge on any atom is -0.460 e. The van der Waals surface area contributed by atoms with Gasteiger partial charge in [-0.05, 0) is 24.4 Å². The van der Waals surface area contributed by atoms with Crippen molar-refractivity contribution >= 4 is 18.4 Å². The fraction of sp³-hybridized carbons (Fsp3) is 0.462. The lowest BCUT2D eigenvalue weighted by Gasteiger charge is -2.16. The highest BCUT2D eigenvalue weighted by atomic mass is 35.5. The summed E-state index contributed by atoms with van der Waals surface area (Å²) in [6, 6.07) is 9.12. The summed E-state index contributed by atoms with van der Waals surface area (Å²) >= 11 is 0. The maximum Gasteiger partial charge on any atom is 0.323 e. The largest absolute Gasteiger partial charge is 0.460 e. The van der Waals surface area contributed by atoms with Crippen LogP contribution in [0.25, 0.3) is 0 Å². The molecule has 0 spiro atoms. The lowest BCUT2D eigenvalue weighted by atomic mass is 10.0. The van der Waals surface area contributed by atoms with Crippen LogP contribution in [0.3, 0.4) is 0 Å². The van der Waals surface area contributed by atoms with Gasteiger partial charge in [-0.15, -0.1) is 12.4 Å². The Hall–Kier alpha value is -1.10. The number of nitrogens with one attached hydrogen (secondary N) is 1. The monoisotopic (exact) mass is 270 g/mol. The number of esters is 1. The van der Waals surface area contributed by atoms with E-state index in [1.807, 2.05) is 30.3 Å². The van der Waals surface area contributed by atoms with E-state index in [4.69, 9.17) is 10.5 Å². The van der Waals surface area contributed by atoms with Crippen molar-refractivity contribution in [1.82, 2.24) is 5.32 Å². The molecule has 100 valence electrons. The number of rotatable bonds is 4. The third-order valence-corrected chi connectivity index (χ3v) is 3.10. The summed E-state index contributed by atoms with van der Waals surface area (Å²) in [6.45, 7) is 2.04. The first-order valence-electron chi connectivity index (χ1n) is 5.94. The van der Waals surface area contributed by atoms with Crippen molar-refractivity contribution in [1.29, 1.82) is 0 Å². The summed E-state index contributed by atoms with van der Waals surface area (Å²) in [5.74, 6) is -0.0965. The molecule has 0 aromatic heterocycles. The van der Waals surface area contributed by atoms with Gasteiger partial charge >= 0.3 is 5.97 Å². The van der Waals surface area contributed by atoms with E-state index < -0.39 is 6.04 Å². The Kier molecular flexibility index (Phi) is 6.12. The zero-order chi connectivity index (χ0) is 12.1. The van der Waals surface area contributed by atoms with Gasteiger partial charge in [-0.1, -0.05) is 30.3 Å². The van der Waals surface area contributed by atoms with Crippen molar-refractivity contribution in [3.8, 4) is 0 Å². The SMILES string of the molecule is Cl.NC(C(=O)OCc1ccccc1)C1CCNC1. The van der Waals surface area contributed by atoms with Crippen molar-refractivity contribution < 1.29 is 9.53 Å². The predicted molar refractivity (Wildman–Crippen MR) is 72.4 cm³/mol. The number of halogens is 1. The van der Waals surface area contributed by atoms with Crippen LogP contribution in [-0.2, 0) is 16.1 Å². The Morgan fingerprint density at radius 3 is 2.78 bits per heavy atom. The topological polar surface area (TPSA) is 64.4 Å². The molecule has 18 heavy (non-hydrogen) atoms. The molecule has 0 amide bonds. The molecule has 1 aromatic carbocycles. The Morgan fingerprint density at radius 1 is 1.44 bits per heavy atom. The molecule has 1 aliphatic rings. The van der Waals surface area contributed by atoms with E-state index in [0.29, 0.717) is 6.61 Å². The second-order valence-corrected chi connectivity index (χ2v) is 4.37. The number of hydrogen-bond acceptors (Lipinski definition) is 4. The molecule has 2 rings (SSSR count). The molecule has 1 saturated heterocycles. The van der Waals surface area contributed by atoms with Crippen LogP contribution in [0.1, 0.15) is 12.0 Å². The smallest absolute Gasteiger partial charge is 0.323 e. The summed E-state index contributed by atoms with van der Waals surface area (Å²) in [7, 11) is 0. The average molecular weight is 271 g/mol. The van der Waals surface area contributed by atoms with Crippen LogP contribution in [0, 0.1) is 5.92 Å². The summed E-state index contributed by atoms with van der Waals surface area (Å²) in [5, 5.41) is 3.19. The third kappa shape index (κ3) is 3.98. The fourth-order valence-electron chi connectivity index (χ4n) is 2.00. The highest BCUT2D eigenvalue weighted by Gasteiger charge is 2.28. The molecule has 4 nitrogen and oxygen atoms in total. The number of hydrogen-bond donors (Lipinski definition) is 2. The second kappa shape index (κ2) is 7.36. The van der Waals surface area contributed by atoms with E-state index >= 15 is 0 Å². The minimum absolute atomic E-state index is 0. The normalized spacial score (nSPS) is 19.9. The molecule has 0 saturated carbocycles. The van der Waals surface area contributed by atoms with Gasteiger partial charge in [0, 0.05) is 6.54 Å². The molecule has 1 aromatic rings. The molecule has 0 radical (unpaired) electrons. The van der Waals surface area contributed by atoms with Crippen molar-refractivity contribution in [2.75, 3.05) is 13.1 Å². The lowest BCUT2D eigenvalue weighted by Crippen LogP contribution is -2.40. The molecule has 1 aliphatic heterocycles. The summed E-state index contributed by atoms with van der Waals surface area (Å²) in [6.07, 6.45) is 0.946. The van der Waals surface area contributed by atoms with Gasteiger partial charge in [0.15, 0.2) is 0 Å². The predicted octanol–water partition coefficient (Wildman–Crippen LogP) is 1.09. The van der Waals surface area contributed by atoms with Crippen LogP contribution in [0.15, 0.2) is 30.3 Å². The van der Waals surface area contributed by atoms with Gasteiger partial charge in [0.1, 0.15) is 12.6 Å². The number of carbonyl (C=O) groups excluding carboxylic acids is 1. The van der Waals surface area contributed by atoms with E-state index in [1.54, 1.807) is 0 Å². The number of nitrogens with two attached hydrogens (primary N) is 1. The maximum atomic E-state index is 11.7. The summed E-state index contributed by atoms with van der Waals surface area (Å²) < 4.78 is 5.21. The molecule has 2 atom stereocenters. The highest BCUT2D eigenvalue weighted by molar-refractivity contribution is 5.85. The molecule has 2 unspecified atom stereocenters. The Labute approximate surface area is 113 Å². The first-order chi connectivity index (χ1) is 8.27. The molecule has 0 bridgehead atoms. The van der Waals surface area contributed by atoms with E-state index in [0.717, 1.165) is 25.1 Å². The first-order valence-corrected chi connectivity index (χ1v) is 5.94. The molecule has 3 N–H and O–H groups in total. The van der Waals surface area contributed by atoms with Crippen LogP contribution < -0.4 is 11.1 Å². The Balaban J connectivity index is 0.00000162. The lowest BCUT2D eigenvalue weighted by molar-refractivity contribution is -0.147. The Morgan fingerprint density at radius 2 is 2.17 bits per heavy atom. The van der Waals surface area contributed by atoms with Crippen molar-refractivity contribution in [3.05, 3.63) is 35.9 Å². The van der Waals surface area contributed by atoms with Crippen LogP contribution in [0.4, 0.5) is 0 Å². The van der Waals surface area contributed by atoms with E-state index in [1.165, 1.54) is 0 Å². The van der Waals surface area contributed by atoms with Gasteiger partial charge in [-0.25, -0.2) is 0 Å². The van der Waals surface area contributed by atoms with Gasteiger partial charge in [0.25, 0.3) is 0 Å². The molecule has 1 heterocycles. The molecule has 1 fully saturated rings. The van der Waals surface area contributed by atoms with Crippen LogP contribution in [0.5, 0.6) is 0 Å². The summed E-state index contributed by atoms with van der Waals surface area (Å²) in [4.78, 5) is 11.7. The van der Waals surface area contributed by atoms with Gasteiger partial charge in [0.05, 0.1) is 0 Å². The summed E-state index contributed by atoms with van der Waals surface area (Å²) in [5.41, 5.74) is 6.86. The Bertz CT molecular complexity index is 367. The quantitative estimate of drug-likeness (QED) is 0.804. The molecular formula is C13H19ClN2O2. The zero-order valence-electron chi connectivity index (χ0n) is 10.2. The van der Waals surface area contributed by atoms with E-state index in [2.05, 4.69) is 5.32 Å². The number of benzene rings is 1. The number of carbonyl (C=O) groups is 1. The standard InChI is InChI=1S/C13H18N2O2.ClH/c14-12(11-6-7-15-8-11)13(16)17-9-10-4-2-1-3-5-10;/h1-5,11-12,15H,6-9,14H2;1H. The van der Waals surface area contributed by atoms with Gasteiger partial charge < -0.3 is 15.8 Å². The second-order valence-electron chi connectivity index (χ2n) is 4.37. The van der Waals surface area contributed by atoms with Crippen molar-refractivity contribution in [2.24, 2.45) is 11.7 Å². The molecule has 5 heteroatoms. The third-order valence-electron chi connectivity index (χ3n) is 3.10. The number of ether oxygens (including phenoxy) is 1. The minimum atomic E-state index is -0.506. The van der Waals surface area contributed by atoms with Gasteiger partial charge in [-0.2, -0.15) is 0 Å². The first kappa shape index (κ1) is 15.0. The average Bonchev–Trinajstić information content (AvgIpc) is 2.90. The fourth-order valence-corrected chi connectivity index (χ4v) is 2.00. The van der Waals surface area contributed by atoms with Crippen LogP contribution in [-0.4, -0.2) is 25.1 Å². The molecular weight excluding hydrogens is 252 g/mol. The van der Waals surface area contributed by atoms with Gasteiger partial charge in [0.2, 0.25) is 0 Å². The zero-order valence-corrected chi connectivity index (χ0v) is 11.0. The van der Waals surface area contributed by atoms with Gasteiger partial charge in [-0.3, -0.25) is 4.79 Å². The van der Waals surface area contributed by atoms with Crippen LogP contribution >= 0.6 is 12.4 Å². The van der Waals surface area contributed by atoms with E-state index in [-0.39, 0.29) is 24.3 Å². The van der Waals surface area contributed by atoms with Crippen LogP contribution in [0.2, 0.25) is 0 Å². The molecule has 0 aliphatic carbocycles. The maximum absolute atomic E-state index is 11.7. The van der Waals surface area contributed by atoms with Crippen molar-refractivity contribution in [2.45, 2.75) is 19.1 Å². The highest BCUT2D eigenvalue weighted by Crippen LogP contribution is 2.13. The van der Waals surface area contributed by atoms with E-state index in [9.17, 15) is 4.79 Å².